The molecular formula is C11H19ClN4OS. The van der Waals surface area contributed by atoms with Gasteiger partial charge in [-0.05, 0) is 20.8 Å². The minimum Gasteiger partial charge on any atom is -0.355 e. The second-order valence-corrected chi connectivity index (χ2v) is 6.20. The molecule has 0 unspecified atom stereocenters. The quantitative estimate of drug-likeness (QED) is 0.494. The van der Waals surface area contributed by atoms with E-state index < -0.39 is 0 Å². The number of halogens is 1. The van der Waals surface area contributed by atoms with Crippen molar-refractivity contribution in [2.24, 2.45) is 0 Å². The Labute approximate surface area is 117 Å². The Morgan fingerprint density at radius 1 is 1.56 bits per heavy atom. The first-order valence-electron chi connectivity index (χ1n) is 5.81. The number of carbonyl (C=O) groups excluding carboxylic acids is 1. The molecule has 1 rings (SSSR count). The summed E-state index contributed by atoms with van der Waals surface area (Å²) in [5, 5.41) is 7.88. The normalized spacial score (nSPS) is 11.6. The van der Waals surface area contributed by atoms with Gasteiger partial charge in [-0.2, -0.15) is 5.10 Å². The molecule has 1 heterocycles. The first kappa shape index (κ1) is 15.3. The van der Waals surface area contributed by atoms with E-state index in [4.69, 9.17) is 11.6 Å². The number of alkyl halides is 1. The molecule has 102 valence electrons. The summed E-state index contributed by atoms with van der Waals surface area (Å²) in [6.45, 7) is 6.84. The van der Waals surface area contributed by atoms with E-state index in [9.17, 15) is 4.79 Å². The average Bonchev–Trinajstić information content (AvgIpc) is 2.72. The fourth-order valence-corrected chi connectivity index (χ4v) is 2.42. The highest BCUT2D eigenvalue weighted by Gasteiger charge is 2.18. The molecule has 1 amide bonds. The predicted molar refractivity (Wildman–Crippen MR) is 74.1 cm³/mol. The molecule has 18 heavy (non-hydrogen) atoms. The third-order valence-corrected chi connectivity index (χ3v) is 3.26. The number of nitrogens with zero attached hydrogens (tertiary/aromatic N) is 3. The largest absolute Gasteiger partial charge is 0.355 e. The molecule has 1 aromatic rings. The van der Waals surface area contributed by atoms with Gasteiger partial charge in [0.25, 0.3) is 0 Å². The van der Waals surface area contributed by atoms with Gasteiger partial charge in [0, 0.05) is 24.6 Å². The van der Waals surface area contributed by atoms with Gasteiger partial charge in [-0.3, -0.25) is 4.79 Å². The molecule has 0 fully saturated rings. The molecule has 5 nitrogen and oxygen atoms in total. The van der Waals surface area contributed by atoms with Crippen molar-refractivity contribution < 1.29 is 4.79 Å². The molecule has 0 saturated carbocycles. The minimum absolute atomic E-state index is 0.0112. The lowest BCUT2D eigenvalue weighted by Gasteiger charge is -2.20. The number of nitrogens with one attached hydrogen (secondary N) is 1. The highest BCUT2D eigenvalue weighted by atomic mass is 35.5. The number of hydrogen-bond acceptors (Lipinski definition) is 4. The standard InChI is InChI=1S/C11H19ClN4OS/c1-11(2,3)16-10(14-8-15-16)18-7-6-13-9(17)4-5-12/h8H,4-7H2,1-3H3,(H,13,17). The molecule has 7 heteroatoms. The van der Waals surface area contributed by atoms with Crippen LogP contribution in [0.5, 0.6) is 0 Å². The van der Waals surface area contributed by atoms with Gasteiger partial charge >= 0.3 is 0 Å². The van der Waals surface area contributed by atoms with E-state index in [-0.39, 0.29) is 11.4 Å². The summed E-state index contributed by atoms with van der Waals surface area (Å²) in [4.78, 5) is 15.4. The fourth-order valence-electron chi connectivity index (χ4n) is 1.30. The van der Waals surface area contributed by atoms with E-state index in [1.165, 1.54) is 0 Å². The Bertz CT molecular complexity index is 389. The van der Waals surface area contributed by atoms with Gasteiger partial charge in [-0.25, -0.2) is 9.67 Å². The summed E-state index contributed by atoms with van der Waals surface area (Å²) in [6, 6.07) is 0. The Balaban J connectivity index is 2.36. The van der Waals surface area contributed by atoms with E-state index in [2.05, 4.69) is 36.2 Å². The number of carbonyl (C=O) groups is 1. The van der Waals surface area contributed by atoms with Gasteiger partial charge in [0.1, 0.15) is 6.33 Å². The molecule has 0 saturated heterocycles. The molecule has 1 aromatic heterocycles. The van der Waals surface area contributed by atoms with E-state index in [1.807, 2.05) is 4.68 Å². The van der Waals surface area contributed by atoms with Crippen LogP contribution in [0.3, 0.4) is 0 Å². The van der Waals surface area contributed by atoms with Crippen LogP contribution in [0, 0.1) is 0 Å². The number of hydrogen-bond donors (Lipinski definition) is 1. The third-order valence-electron chi connectivity index (χ3n) is 2.13. The monoisotopic (exact) mass is 290 g/mol. The van der Waals surface area contributed by atoms with Gasteiger partial charge in [0.05, 0.1) is 5.54 Å². The molecule has 0 spiro atoms. The van der Waals surface area contributed by atoms with Crippen LogP contribution < -0.4 is 5.32 Å². The lowest BCUT2D eigenvalue weighted by atomic mass is 10.1. The average molecular weight is 291 g/mol. The summed E-state index contributed by atoms with van der Waals surface area (Å²) in [7, 11) is 0. The van der Waals surface area contributed by atoms with Crippen LogP contribution >= 0.6 is 23.4 Å². The number of amides is 1. The zero-order valence-corrected chi connectivity index (χ0v) is 12.5. The van der Waals surface area contributed by atoms with E-state index in [0.717, 1.165) is 10.9 Å². The Kier molecular flexibility index (Phi) is 5.95. The molecule has 1 N–H and O–H groups in total. The van der Waals surface area contributed by atoms with Crippen molar-refractivity contribution >= 4 is 29.3 Å². The summed E-state index contributed by atoms with van der Waals surface area (Å²) in [6.07, 6.45) is 1.92. The highest BCUT2D eigenvalue weighted by molar-refractivity contribution is 7.99. The molecule has 0 radical (unpaired) electrons. The van der Waals surface area contributed by atoms with Gasteiger partial charge in [0.15, 0.2) is 5.16 Å². The maximum atomic E-state index is 11.2. The van der Waals surface area contributed by atoms with Crippen LogP contribution in [0.4, 0.5) is 0 Å². The molecule has 0 aromatic carbocycles. The van der Waals surface area contributed by atoms with Crippen LogP contribution in [-0.2, 0) is 10.3 Å². The zero-order valence-electron chi connectivity index (χ0n) is 10.9. The second kappa shape index (κ2) is 6.99. The van der Waals surface area contributed by atoms with E-state index in [0.29, 0.717) is 18.8 Å². The van der Waals surface area contributed by atoms with Crippen molar-refractivity contribution in [1.29, 1.82) is 0 Å². The van der Waals surface area contributed by atoms with Crippen molar-refractivity contribution in [3.05, 3.63) is 6.33 Å². The Hall–Kier alpha value is -0.750. The summed E-state index contributed by atoms with van der Waals surface area (Å²) in [5.74, 6) is 1.11. The molecule has 0 aliphatic heterocycles. The van der Waals surface area contributed by atoms with Crippen molar-refractivity contribution in [2.75, 3.05) is 18.2 Å². The van der Waals surface area contributed by atoms with Gasteiger partial charge in [-0.15, -0.1) is 11.6 Å². The van der Waals surface area contributed by atoms with Crippen LogP contribution in [-0.4, -0.2) is 38.8 Å². The van der Waals surface area contributed by atoms with Crippen molar-refractivity contribution in [1.82, 2.24) is 20.1 Å². The lowest BCUT2D eigenvalue weighted by molar-refractivity contribution is -0.120. The first-order chi connectivity index (χ1) is 8.45. The number of thioether (sulfide) groups is 1. The molecule has 0 bridgehead atoms. The smallest absolute Gasteiger partial charge is 0.221 e. The van der Waals surface area contributed by atoms with Gasteiger partial charge in [0.2, 0.25) is 5.91 Å². The topological polar surface area (TPSA) is 59.8 Å². The zero-order chi connectivity index (χ0) is 13.6. The molecule has 0 aliphatic carbocycles. The Morgan fingerprint density at radius 2 is 2.28 bits per heavy atom. The van der Waals surface area contributed by atoms with Crippen molar-refractivity contribution in [3.63, 3.8) is 0 Å². The van der Waals surface area contributed by atoms with Crippen LogP contribution in [0.2, 0.25) is 0 Å². The third kappa shape index (κ3) is 4.86. The Morgan fingerprint density at radius 3 is 2.89 bits per heavy atom. The second-order valence-electron chi connectivity index (χ2n) is 4.76. The van der Waals surface area contributed by atoms with E-state index >= 15 is 0 Å². The fraction of sp³-hybridized carbons (Fsp3) is 0.727. The summed E-state index contributed by atoms with van der Waals surface area (Å²) < 4.78 is 1.89. The maximum Gasteiger partial charge on any atom is 0.221 e. The number of aromatic nitrogens is 3. The van der Waals surface area contributed by atoms with Crippen molar-refractivity contribution in [2.45, 2.75) is 37.9 Å². The van der Waals surface area contributed by atoms with Crippen LogP contribution in [0.25, 0.3) is 0 Å². The highest BCUT2D eigenvalue weighted by Crippen LogP contribution is 2.21. The minimum atomic E-state index is -0.0826. The van der Waals surface area contributed by atoms with Gasteiger partial charge in [-0.1, -0.05) is 11.8 Å². The molecular weight excluding hydrogens is 272 g/mol. The SMILES string of the molecule is CC(C)(C)n1ncnc1SCCNC(=O)CCCl. The van der Waals surface area contributed by atoms with Crippen LogP contribution in [0.15, 0.2) is 11.5 Å². The molecule has 0 atom stereocenters. The predicted octanol–water partition coefficient (Wildman–Crippen LogP) is 1.87. The summed E-state index contributed by atoms with van der Waals surface area (Å²) >= 11 is 7.06. The number of rotatable bonds is 6. The lowest BCUT2D eigenvalue weighted by Crippen LogP contribution is -2.26. The van der Waals surface area contributed by atoms with Crippen molar-refractivity contribution in [3.8, 4) is 0 Å². The maximum absolute atomic E-state index is 11.2. The molecule has 0 aliphatic rings. The summed E-state index contributed by atoms with van der Waals surface area (Å²) in [5.41, 5.74) is -0.0826. The first-order valence-corrected chi connectivity index (χ1v) is 7.33. The van der Waals surface area contributed by atoms with Gasteiger partial charge < -0.3 is 5.32 Å². The van der Waals surface area contributed by atoms with Crippen LogP contribution in [0.1, 0.15) is 27.2 Å². The van der Waals surface area contributed by atoms with E-state index in [1.54, 1.807) is 18.1 Å².